The van der Waals surface area contributed by atoms with Crippen molar-refractivity contribution in [3.63, 3.8) is 0 Å². The molecule has 9 heteroatoms. The fraction of sp³-hybridized carbons (Fsp3) is 0.500. The summed E-state index contributed by atoms with van der Waals surface area (Å²) in [4.78, 5) is 28.0. The van der Waals surface area contributed by atoms with Crippen LogP contribution < -0.4 is 38.0 Å². The van der Waals surface area contributed by atoms with E-state index in [1.165, 1.54) is 71.3 Å². The number of hydrogen-bond donors (Lipinski definition) is 0. The van der Waals surface area contributed by atoms with Crippen LogP contribution in [0.4, 0.5) is 4.79 Å². The minimum Gasteiger partial charge on any atom is -1.00 e. The van der Waals surface area contributed by atoms with Gasteiger partial charge in [0.15, 0.2) is 12.4 Å². The molecule has 0 spiro atoms. The molecule has 0 radical (unpaired) electrons. The maximum absolute atomic E-state index is 13.6. The highest BCUT2D eigenvalue weighted by Crippen LogP contribution is 2.27. The molecule has 0 bridgehead atoms. The summed E-state index contributed by atoms with van der Waals surface area (Å²) < 4.78 is 18.9. The molecule has 0 unspecified atom stereocenters. The Kier molecular flexibility index (Phi) is 20.1. The number of nitrogens with zero attached hydrogens (tertiary/aromatic N) is 2. The van der Waals surface area contributed by atoms with Gasteiger partial charge >= 0.3 is 6.09 Å². The Morgan fingerprint density at radius 3 is 1.98 bits per heavy atom. The van der Waals surface area contributed by atoms with E-state index >= 15 is 0 Å². The van der Waals surface area contributed by atoms with E-state index in [2.05, 4.69) is 6.92 Å². The number of carbonyl (C=O) groups excluding carboxylic acids is 2. The zero-order chi connectivity index (χ0) is 33.0. The standard InChI is InChI=1S/C38H52ClN2O5.HI/c1-4-6-7-8-9-10-11-12-13-14-15-18-27-45-36-22-21-32(28-34(36)39)30-46-38(43)41(29-31-23-25-40(5-2)26-24-31)37(42)33-19-16-17-20-35(33)44-3;/h16-17,19-26,28H,4-15,18,27,29-30H2,1-3H3;1H/q+1;/p-1. The number of methoxy groups -OCH3 is 1. The van der Waals surface area contributed by atoms with Gasteiger partial charge in [0.2, 0.25) is 0 Å². The van der Waals surface area contributed by atoms with Gasteiger partial charge in [0.05, 0.1) is 30.8 Å². The Labute approximate surface area is 304 Å². The molecule has 2 amide bonds. The number of aromatic nitrogens is 1. The lowest BCUT2D eigenvalue weighted by atomic mass is 10.1. The zero-order valence-electron chi connectivity index (χ0n) is 28.4. The Hall–Kier alpha value is -2.85. The Bertz CT molecular complexity index is 1340. The monoisotopic (exact) mass is 778 g/mol. The second-order valence-electron chi connectivity index (χ2n) is 11.7. The van der Waals surface area contributed by atoms with Crippen LogP contribution in [0.5, 0.6) is 11.5 Å². The molecule has 258 valence electrons. The van der Waals surface area contributed by atoms with Crippen molar-refractivity contribution in [1.82, 2.24) is 4.90 Å². The van der Waals surface area contributed by atoms with E-state index in [4.69, 9.17) is 25.8 Å². The predicted octanol–water partition coefficient (Wildman–Crippen LogP) is 6.72. The topological polar surface area (TPSA) is 69.0 Å². The van der Waals surface area contributed by atoms with Gasteiger partial charge in [-0.25, -0.2) is 14.3 Å². The Balaban J connectivity index is 0.00000768. The number of halogens is 2. The normalized spacial score (nSPS) is 10.6. The van der Waals surface area contributed by atoms with Crippen molar-refractivity contribution in [2.24, 2.45) is 0 Å². The predicted molar refractivity (Wildman–Crippen MR) is 183 cm³/mol. The number of aryl methyl sites for hydroxylation is 1. The first-order valence-electron chi connectivity index (χ1n) is 17.0. The number of benzene rings is 2. The van der Waals surface area contributed by atoms with Crippen molar-refractivity contribution in [3.05, 3.63) is 88.7 Å². The molecule has 1 aromatic heterocycles. The first kappa shape index (κ1) is 40.3. The van der Waals surface area contributed by atoms with E-state index in [9.17, 15) is 9.59 Å². The van der Waals surface area contributed by atoms with Crippen molar-refractivity contribution < 1.29 is 52.3 Å². The SMILES string of the molecule is CCCCCCCCCCCCCCOc1ccc(COC(=O)N(Cc2cc[n+](CC)cc2)C(=O)c2ccccc2OC)cc1Cl.[I-]. The van der Waals surface area contributed by atoms with Gasteiger partial charge in [0, 0.05) is 12.1 Å². The number of unbranched alkanes of at least 4 members (excludes halogenated alkanes) is 11. The lowest BCUT2D eigenvalue weighted by molar-refractivity contribution is -0.693. The van der Waals surface area contributed by atoms with E-state index in [0.717, 1.165) is 29.8 Å². The highest BCUT2D eigenvalue weighted by Gasteiger charge is 2.27. The van der Waals surface area contributed by atoms with Crippen LogP contribution in [0.1, 0.15) is 112 Å². The van der Waals surface area contributed by atoms with Crippen LogP contribution in [0.3, 0.4) is 0 Å². The van der Waals surface area contributed by atoms with E-state index in [1.54, 1.807) is 36.4 Å². The van der Waals surface area contributed by atoms with Crippen LogP contribution in [0, 0.1) is 0 Å². The van der Waals surface area contributed by atoms with Gasteiger partial charge in [0.1, 0.15) is 24.7 Å². The van der Waals surface area contributed by atoms with Gasteiger partial charge in [-0.3, -0.25) is 4.79 Å². The fourth-order valence-electron chi connectivity index (χ4n) is 5.27. The molecule has 0 fully saturated rings. The van der Waals surface area contributed by atoms with Crippen LogP contribution >= 0.6 is 11.6 Å². The summed E-state index contributed by atoms with van der Waals surface area (Å²) in [6, 6.07) is 16.0. The summed E-state index contributed by atoms with van der Waals surface area (Å²) in [5.74, 6) is 0.489. The minimum absolute atomic E-state index is 0. The second kappa shape index (κ2) is 23.5. The van der Waals surface area contributed by atoms with E-state index in [-0.39, 0.29) is 42.7 Å². The molecule has 0 aliphatic carbocycles. The molecular formula is C38H52ClIN2O5. The summed E-state index contributed by atoms with van der Waals surface area (Å²) in [6.45, 7) is 5.74. The molecule has 0 atom stereocenters. The quantitative estimate of drug-likeness (QED) is 0.0683. The van der Waals surface area contributed by atoms with Crippen LogP contribution in [0.2, 0.25) is 5.02 Å². The average molecular weight is 779 g/mol. The highest BCUT2D eigenvalue weighted by atomic mass is 127. The molecule has 0 saturated carbocycles. The van der Waals surface area contributed by atoms with Crippen molar-refractivity contribution in [1.29, 1.82) is 0 Å². The molecule has 3 rings (SSSR count). The summed E-state index contributed by atoms with van der Waals surface area (Å²) >= 11 is 6.51. The molecule has 47 heavy (non-hydrogen) atoms. The Morgan fingerprint density at radius 1 is 0.766 bits per heavy atom. The summed E-state index contributed by atoms with van der Waals surface area (Å²) in [5.41, 5.74) is 1.77. The van der Waals surface area contributed by atoms with Crippen molar-refractivity contribution in [2.75, 3.05) is 13.7 Å². The summed E-state index contributed by atoms with van der Waals surface area (Å²) in [6.07, 6.45) is 18.6. The third-order valence-corrected chi connectivity index (χ3v) is 8.38. The van der Waals surface area contributed by atoms with Crippen LogP contribution in [0.15, 0.2) is 67.0 Å². The molecule has 0 saturated heterocycles. The number of carbonyl (C=O) groups is 2. The Morgan fingerprint density at radius 2 is 1.38 bits per heavy atom. The van der Waals surface area contributed by atoms with Crippen LogP contribution in [0.25, 0.3) is 0 Å². The van der Waals surface area contributed by atoms with Gasteiger partial charge in [-0.1, -0.05) is 107 Å². The molecule has 0 N–H and O–H groups in total. The number of rotatable bonds is 21. The molecule has 0 aliphatic rings. The van der Waals surface area contributed by atoms with Gasteiger partial charge in [-0.2, -0.15) is 0 Å². The first-order valence-corrected chi connectivity index (χ1v) is 17.3. The van der Waals surface area contributed by atoms with Gasteiger partial charge in [-0.15, -0.1) is 0 Å². The number of pyridine rings is 1. The molecule has 3 aromatic rings. The van der Waals surface area contributed by atoms with Crippen LogP contribution in [-0.2, 0) is 24.4 Å². The van der Waals surface area contributed by atoms with Gasteiger partial charge < -0.3 is 38.2 Å². The molecule has 2 aromatic carbocycles. The molecule has 0 aliphatic heterocycles. The third kappa shape index (κ3) is 14.4. The third-order valence-electron chi connectivity index (χ3n) is 8.08. The minimum atomic E-state index is -0.758. The van der Waals surface area contributed by atoms with Gasteiger partial charge in [-0.05, 0) is 48.7 Å². The van der Waals surface area contributed by atoms with E-state index in [1.807, 2.05) is 42.1 Å². The maximum Gasteiger partial charge on any atom is 0.417 e. The second-order valence-corrected chi connectivity index (χ2v) is 12.1. The van der Waals surface area contributed by atoms with Crippen LogP contribution in [-0.4, -0.2) is 30.6 Å². The fourth-order valence-corrected chi connectivity index (χ4v) is 5.53. The largest absolute Gasteiger partial charge is 1.00 e. The van der Waals surface area contributed by atoms with E-state index in [0.29, 0.717) is 28.7 Å². The number of amides is 2. The maximum atomic E-state index is 13.6. The number of para-hydroxylation sites is 1. The zero-order valence-corrected chi connectivity index (χ0v) is 31.3. The van der Waals surface area contributed by atoms with Crippen molar-refractivity contribution in [3.8, 4) is 11.5 Å². The lowest BCUT2D eigenvalue weighted by Crippen LogP contribution is -3.00. The first-order chi connectivity index (χ1) is 22.5. The molecule has 1 heterocycles. The smallest absolute Gasteiger partial charge is 0.417 e. The average Bonchev–Trinajstić information content (AvgIpc) is 3.08. The van der Waals surface area contributed by atoms with Crippen molar-refractivity contribution >= 4 is 23.6 Å². The van der Waals surface area contributed by atoms with E-state index < -0.39 is 12.0 Å². The summed E-state index contributed by atoms with van der Waals surface area (Å²) in [7, 11) is 1.49. The number of imide groups is 1. The molecule has 7 nitrogen and oxygen atoms in total. The van der Waals surface area contributed by atoms with Gasteiger partial charge in [0.25, 0.3) is 5.91 Å². The molecular weight excluding hydrogens is 727 g/mol. The summed E-state index contributed by atoms with van der Waals surface area (Å²) in [5, 5.41) is 0.461. The lowest BCUT2D eigenvalue weighted by Gasteiger charge is -2.21. The number of hydrogen-bond acceptors (Lipinski definition) is 5. The highest BCUT2D eigenvalue weighted by molar-refractivity contribution is 6.32. The van der Waals surface area contributed by atoms with Crippen molar-refractivity contribution in [2.45, 2.75) is 111 Å². The number of ether oxygens (including phenoxy) is 3.